The van der Waals surface area contributed by atoms with Crippen molar-refractivity contribution in [1.29, 1.82) is 0 Å². The number of aromatic nitrogens is 3. The summed E-state index contributed by atoms with van der Waals surface area (Å²) in [4.78, 5) is 9.35. The summed E-state index contributed by atoms with van der Waals surface area (Å²) in [6, 6.07) is 9.69. The predicted octanol–water partition coefficient (Wildman–Crippen LogP) is 4.28. The van der Waals surface area contributed by atoms with Gasteiger partial charge in [0.25, 0.3) is 0 Å². The molecule has 0 fully saturated rings. The highest BCUT2D eigenvalue weighted by atomic mass is 32.1. The molecule has 0 saturated carbocycles. The van der Waals surface area contributed by atoms with Gasteiger partial charge in [0.05, 0.1) is 11.4 Å². The van der Waals surface area contributed by atoms with E-state index in [1.165, 1.54) is 48.3 Å². The Bertz CT molecular complexity index is 1220. The third-order valence-corrected chi connectivity index (χ3v) is 5.83. The number of benzene rings is 2. The molecule has 5 rings (SSSR count). The summed E-state index contributed by atoms with van der Waals surface area (Å²) in [5.74, 6) is -1.37. The number of hydrogen-bond donors (Lipinski definition) is 0. The highest BCUT2D eigenvalue weighted by Gasteiger charge is 2.41. The van der Waals surface area contributed by atoms with E-state index in [0.717, 1.165) is 16.2 Å². The van der Waals surface area contributed by atoms with Crippen molar-refractivity contribution in [2.75, 3.05) is 6.61 Å². The largest absolute Gasteiger partial charge is 0.474 e. The predicted molar refractivity (Wildman–Crippen MR) is 102 cm³/mol. The molecule has 0 bridgehead atoms. The molecule has 0 saturated heterocycles. The minimum absolute atomic E-state index is 0.0771. The average Bonchev–Trinajstić information content (AvgIpc) is 3.40. The van der Waals surface area contributed by atoms with E-state index in [4.69, 9.17) is 9.73 Å². The van der Waals surface area contributed by atoms with Crippen LogP contribution in [-0.4, -0.2) is 27.3 Å². The fourth-order valence-corrected chi connectivity index (χ4v) is 4.44. The zero-order valence-electron chi connectivity index (χ0n) is 14.8. The Morgan fingerprint density at radius 2 is 1.86 bits per heavy atom. The third kappa shape index (κ3) is 3.27. The van der Waals surface area contributed by atoms with E-state index in [1.807, 2.05) is 6.07 Å². The number of nitrogens with zero attached hydrogens (tertiary/aromatic N) is 4. The molecule has 1 aliphatic rings. The molecule has 3 heterocycles. The lowest BCUT2D eigenvalue weighted by Gasteiger charge is -2.24. The van der Waals surface area contributed by atoms with Crippen LogP contribution in [0.15, 0.2) is 60.1 Å². The lowest BCUT2D eigenvalue weighted by Crippen LogP contribution is -2.32. The monoisotopic (exact) mass is 414 g/mol. The Balaban J connectivity index is 1.61. The first-order valence-electron chi connectivity index (χ1n) is 8.72. The first-order valence-corrected chi connectivity index (χ1v) is 9.54. The van der Waals surface area contributed by atoms with Gasteiger partial charge < -0.3 is 4.74 Å². The Kier molecular flexibility index (Phi) is 4.13. The molecular weight excluding hydrogens is 401 g/mol. The van der Waals surface area contributed by atoms with Crippen LogP contribution in [0.5, 0.6) is 0 Å². The number of aliphatic imine (C=N–C) groups is 1. The quantitative estimate of drug-likeness (QED) is 0.501. The molecule has 0 radical (unpaired) electrons. The third-order valence-electron chi connectivity index (χ3n) is 4.75. The Morgan fingerprint density at radius 3 is 2.62 bits per heavy atom. The molecule has 2 aromatic heterocycles. The van der Waals surface area contributed by atoms with Crippen molar-refractivity contribution < 1.29 is 17.9 Å². The average molecular weight is 414 g/mol. The summed E-state index contributed by atoms with van der Waals surface area (Å²) < 4.78 is 49.5. The second-order valence-electron chi connectivity index (χ2n) is 6.78. The highest BCUT2D eigenvalue weighted by molar-refractivity contribution is 7.20. The first kappa shape index (κ1) is 17.9. The highest BCUT2D eigenvalue weighted by Crippen LogP contribution is 2.37. The van der Waals surface area contributed by atoms with Crippen LogP contribution in [0.4, 0.5) is 13.2 Å². The molecule has 0 N–H and O–H groups in total. The van der Waals surface area contributed by atoms with Crippen molar-refractivity contribution in [3.05, 3.63) is 83.0 Å². The van der Waals surface area contributed by atoms with Crippen molar-refractivity contribution in [3.8, 4) is 0 Å². The Hall–Kier alpha value is -3.20. The van der Waals surface area contributed by atoms with Crippen LogP contribution < -0.4 is 0 Å². The molecule has 0 spiro atoms. The van der Waals surface area contributed by atoms with Crippen LogP contribution in [0.3, 0.4) is 0 Å². The molecule has 146 valence electrons. The van der Waals surface area contributed by atoms with Gasteiger partial charge >= 0.3 is 0 Å². The SMILES string of the molecule is Fc1cc(F)cc(C2(Cn3cncn3)COC(c3cc4ccc(F)cc4s3)=N2)c1. The summed E-state index contributed by atoms with van der Waals surface area (Å²) in [5.41, 5.74) is -0.736. The lowest BCUT2D eigenvalue weighted by atomic mass is 9.91. The van der Waals surface area contributed by atoms with Crippen molar-refractivity contribution in [2.45, 2.75) is 12.1 Å². The molecule has 29 heavy (non-hydrogen) atoms. The Labute approximate surface area is 167 Å². The summed E-state index contributed by atoms with van der Waals surface area (Å²) in [6.07, 6.45) is 2.88. The minimum Gasteiger partial charge on any atom is -0.474 e. The van der Waals surface area contributed by atoms with Crippen molar-refractivity contribution in [2.24, 2.45) is 4.99 Å². The zero-order chi connectivity index (χ0) is 20.0. The van der Waals surface area contributed by atoms with E-state index < -0.39 is 17.2 Å². The first-order chi connectivity index (χ1) is 14.0. The van der Waals surface area contributed by atoms with Gasteiger partial charge in [0.1, 0.15) is 42.3 Å². The van der Waals surface area contributed by atoms with Gasteiger partial charge in [-0.25, -0.2) is 23.1 Å². The van der Waals surface area contributed by atoms with Gasteiger partial charge in [-0.1, -0.05) is 6.07 Å². The summed E-state index contributed by atoms with van der Waals surface area (Å²) in [6.45, 7) is 0.270. The summed E-state index contributed by atoms with van der Waals surface area (Å²) in [7, 11) is 0. The van der Waals surface area contributed by atoms with E-state index in [-0.39, 0.29) is 19.0 Å². The minimum atomic E-state index is -1.08. The van der Waals surface area contributed by atoms with Crippen LogP contribution in [0.25, 0.3) is 10.1 Å². The number of thiophene rings is 1. The van der Waals surface area contributed by atoms with E-state index in [9.17, 15) is 13.2 Å². The van der Waals surface area contributed by atoms with Gasteiger partial charge in [-0.2, -0.15) is 5.10 Å². The number of fused-ring (bicyclic) bond motifs is 1. The fraction of sp³-hybridized carbons (Fsp3) is 0.150. The van der Waals surface area contributed by atoms with Gasteiger partial charge in [-0.15, -0.1) is 11.3 Å². The lowest BCUT2D eigenvalue weighted by molar-refractivity contribution is 0.229. The second kappa shape index (κ2) is 6.70. The molecule has 2 aromatic carbocycles. The number of ether oxygens (including phenoxy) is 1. The molecule has 1 aliphatic heterocycles. The molecule has 9 heteroatoms. The van der Waals surface area contributed by atoms with Crippen molar-refractivity contribution in [3.63, 3.8) is 0 Å². The van der Waals surface area contributed by atoms with Crippen LogP contribution in [0, 0.1) is 17.5 Å². The molecular formula is C20H13F3N4OS. The van der Waals surface area contributed by atoms with Gasteiger partial charge in [-0.05, 0) is 41.3 Å². The smallest absolute Gasteiger partial charge is 0.227 e. The molecule has 4 aromatic rings. The Morgan fingerprint density at radius 1 is 1.03 bits per heavy atom. The van der Waals surface area contributed by atoms with E-state index in [0.29, 0.717) is 16.3 Å². The van der Waals surface area contributed by atoms with Gasteiger partial charge in [0.2, 0.25) is 5.90 Å². The summed E-state index contributed by atoms with van der Waals surface area (Å²) in [5, 5.41) is 4.96. The molecule has 0 aliphatic carbocycles. The van der Waals surface area contributed by atoms with E-state index in [2.05, 4.69) is 10.1 Å². The van der Waals surface area contributed by atoms with Crippen molar-refractivity contribution in [1.82, 2.24) is 14.8 Å². The standard InChI is InChI=1S/C20H13F3N4OS/c21-14-2-1-12-3-18(29-17(12)7-14)19-26-20(9-28-19,8-27-11-24-10-25-27)13-4-15(22)6-16(23)5-13/h1-7,10-11H,8-9H2. The maximum atomic E-state index is 13.9. The molecule has 5 nitrogen and oxygen atoms in total. The van der Waals surface area contributed by atoms with E-state index in [1.54, 1.807) is 10.7 Å². The summed E-state index contributed by atoms with van der Waals surface area (Å²) >= 11 is 1.34. The number of rotatable bonds is 4. The maximum Gasteiger partial charge on any atom is 0.227 e. The van der Waals surface area contributed by atoms with Gasteiger partial charge in [0, 0.05) is 10.8 Å². The number of halogens is 3. The van der Waals surface area contributed by atoms with Crippen molar-refractivity contribution >= 4 is 27.3 Å². The van der Waals surface area contributed by atoms with Crippen LogP contribution in [-0.2, 0) is 16.8 Å². The van der Waals surface area contributed by atoms with Crippen LogP contribution in [0.1, 0.15) is 10.4 Å². The molecule has 1 atom stereocenters. The fourth-order valence-electron chi connectivity index (χ4n) is 3.41. The van der Waals surface area contributed by atoms with Crippen LogP contribution >= 0.6 is 11.3 Å². The van der Waals surface area contributed by atoms with E-state index >= 15 is 0 Å². The molecule has 1 unspecified atom stereocenters. The topological polar surface area (TPSA) is 52.3 Å². The number of hydrogen-bond acceptors (Lipinski definition) is 5. The molecule has 0 amide bonds. The van der Waals surface area contributed by atoms with Crippen LogP contribution in [0.2, 0.25) is 0 Å². The zero-order valence-corrected chi connectivity index (χ0v) is 15.7. The maximum absolute atomic E-state index is 13.9. The normalized spacial score (nSPS) is 18.8. The van der Waals surface area contributed by atoms with Gasteiger partial charge in [0.15, 0.2) is 0 Å². The van der Waals surface area contributed by atoms with Gasteiger partial charge in [-0.3, -0.25) is 4.68 Å². The second-order valence-corrected chi connectivity index (χ2v) is 7.86.